The topological polar surface area (TPSA) is 139 Å². The molecule has 0 aliphatic heterocycles. The smallest absolute Gasteiger partial charge is 0.416 e. The number of hydrogen-bond donors (Lipinski definition) is 2. The summed E-state index contributed by atoms with van der Waals surface area (Å²) in [5.74, 6) is -1.23. The third-order valence-electron chi connectivity index (χ3n) is 5.83. The number of nitrogens with zero attached hydrogens (tertiary/aromatic N) is 3. The summed E-state index contributed by atoms with van der Waals surface area (Å²) in [6.07, 6.45) is 0.709. The van der Waals surface area contributed by atoms with Crippen LogP contribution >= 0.6 is 15.9 Å². The van der Waals surface area contributed by atoms with Crippen molar-refractivity contribution in [3.8, 4) is 0 Å². The van der Waals surface area contributed by atoms with Crippen molar-refractivity contribution in [3.05, 3.63) is 82.6 Å². The molecular weight excluding hydrogens is 612 g/mol. The minimum Gasteiger partial charge on any atom is -0.480 e. The van der Waals surface area contributed by atoms with Crippen molar-refractivity contribution in [2.24, 2.45) is 5.41 Å². The second-order valence-electron chi connectivity index (χ2n) is 11.6. The van der Waals surface area contributed by atoms with E-state index in [9.17, 15) is 23.1 Å². The number of hydrogen-bond acceptors (Lipinski definition) is 7. The standard InChI is InChI=1S/C29H35BrN4O6S/c1-28(2,3)25(26(35)36)34(27(37)40-29(4,5)6)23-11-9-10-21(32-23)22(18-19-13-15-20(30)16-14-19)33-41(38,39)24-12-7-8-17-31-24/h7-17,22,25,33H,18H2,1-6H3,(H,35,36). The molecule has 0 saturated heterocycles. The first-order chi connectivity index (χ1) is 19.0. The summed E-state index contributed by atoms with van der Waals surface area (Å²) < 4.78 is 35.7. The van der Waals surface area contributed by atoms with Gasteiger partial charge in [0.1, 0.15) is 17.5 Å². The van der Waals surface area contributed by atoms with Gasteiger partial charge in [-0.05, 0) is 74.6 Å². The normalized spacial score (nSPS) is 13.7. The Morgan fingerprint density at radius 2 is 1.66 bits per heavy atom. The number of benzene rings is 1. The third-order valence-corrected chi connectivity index (χ3v) is 7.74. The number of carboxylic acid groups (broad SMARTS) is 1. The van der Waals surface area contributed by atoms with E-state index in [1.54, 1.807) is 65.8 Å². The lowest BCUT2D eigenvalue weighted by Crippen LogP contribution is -2.54. The van der Waals surface area contributed by atoms with E-state index in [2.05, 4.69) is 30.6 Å². The number of carbonyl (C=O) groups is 2. The van der Waals surface area contributed by atoms with Gasteiger partial charge < -0.3 is 9.84 Å². The van der Waals surface area contributed by atoms with Crippen LogP contribution in [-0.2, 0) is 26.0 Å². The van der Waals surface area contributed by atoms with Crippen LogP contribution in [0, 0.1) is 5.41 Å². The second-order valence-corrected chi connectivity index (χ2v) is 14.1. The fourth-order valence-corrected chi connectivity index (χ4v) is 5.52. The maximum Gasteiger partial charge on any atom is 0.416 e. The molecule has 3 aromatic rings. The first kappa shape index (κ1) is 32.2. The molecule has 2 heterocycles. The number of pyridine rings is 2. The molecule has 0 radical (unpaired) electrons. The van der Waals surface area contributed by atoms with Crippen molar-refractivity contribution >= 4 is 43.8 Å². The average Bonchev–Trinajstić information content (AvgIpc) is 2.86. The monoisotopic (exact) mass is 646 g/mol. The van der Waals surface area contributed by atoms with Gasteiger partial charge in [-0.3, -0.25) is 0 Å². The van der Waals surface area contributed by atoms with Crippen LogP contribution in [0.3, 0.4) is 0 Å². The van der Waals surface area contributed by atoms with Gasteiger partial charge in [0.2, 0.25) is 0 Å². The molecule has 1 amide bonds. The Morgan fingerprint density at radius 1 is 1.00 bits per heavy atom. The number of sulfonamides is 1. The van der Waals surface area contributed by atoms with Crippen molar-refractivity contribution < 1.29 is 27.9 Å². The maximum absolute atomic E-state index is 13.4. The largest absolute Gasteiger partial charge is 0.480 e. The molecular formula is C29H35BrN4O6S. The number of aromatic nitrogens is 2. The highest BCUT2D eigenvalue weighted by atomic mass is 79.9. The van der Waals surface area contributed by atoms with Crippen molar-refractivity contribution in [1.82, 2.24) is 14.7 Å². The number of rotatable bonds is 9. The van der Waals surface area contributed by atoms with E-state index in [1.807, 2.05) is 24.3 Å². The van der Waals surface area contributed by atoms with Crippen LogP contribution in [0.1, 0.15) is 58.8 Å². The fourth-order valence-electron chi connectivity index (χ4n) is 4.09. The first-order valence-electron chi connectivity index (χ1n) is 12.9. The van der Waals surface area contributed by atoms with E-state index in [1.165, 1.54) is 18.3 Å². The second kappa shape index (κ2) is 12.7. The zero-order valence-corrected chi connectivity index (χ0v) is 26.2. The van der Waals surface area contributed by atoms with Crippen LogP contribution in [0.5, 0.6) is 0 Å². The Balaban J connectivity index is 2.14. The highest BCUT2D eigenvalue weighted by Gasteiger charge is 2.43. The number of amides is 1. The summed E-state index contributed by atoms with van der Waals surface area (Å²) in [5.41, 5.74) is -0.721. The van der Waals surface area contributed by atoms with Gasteiger partial charge in [-0.1, -0.05) is 61.0 Å². The molecule has 10 nitrogen and oxygen atoms in total. The summed E-state index contributed by atoms with van der Waals surface area (Å²) >= 11 is 3.41. The van der Waals surface area contributed by atoms with E-state index in [0.29, 0.717) is 0 Å². The molecule has 2 aromatic heterocycles. The zero-order valence-electron chi connectivity index (χ0n) is 23.8. The number of carbonyl (C=O) groups excluding carboxylic acids is 1. The molecule has 12 heteroatoms. The molecule has 0 fully saturated rings. The van der Waals surface area contributed by atoms with Crippen LogP contribution in [-0.4, -0.2) is 47.2 Å². The Bertz CT molecular complexity index is 1470. The molecule has 0 spiro atoms. The molecule has 1 aromatic carbocycles. The van der Waals surface area contributed by atoms with Gasteiger partial charge in [0.15, 0.2) is 5.03 Å². The van der Waals surface area contributed by atoms with E-state index in [4.69, 9.17) is 4.74 Å². The van der Waals surface area contributed by atoms with Crippen molar-refractivity contribution in [3.63, 3.8) is 0 Å². The summed E-state index contributed by atoms with van der Waals surface area (Å²) in [4.78, 5) is 35.6. The predicted octanol–water partition coefficient (Wildman–Crippen LogP) is 5.74. The van der Waals surface area contributed by atoms with Crippen molar-refractivity contribution in [1.29, 1.82) is 0 Å². The van der Waals surface area contributed by atoms with Gasteiger partial charge in [0.25, 0.3) is 10.0 Å². The van der Waals surface area contributed by atoms with Crippen molar-refractivity contribution in [2.75, 3.05) is 4.90 Å². The Kier molecular flexibility index (Phi) is 9.94. The van der Waals surface area contributed by atoms with Crippen molar-refractivity contribution in [2.45, 2.75) is 70.7 Å². The van der Waals surface area contributed by atoms with Gasteiger partial charge in [0, 0.05) is 10.7 Å². The fraction of sp³-hybridized carbons (Fsp3) is 0.379. The van der Waals surface area contributed by atoms with Gasteiger partial charge in [-0.15, -0.1) is 0 Å². The summed E-state index contributed by atoms with van der Waals surface area (Å²) in [7, 11) is -4.07. The van der Waals surface area contributed by atoms with Gasteiger partial charge in [0.05, 0.1) is 11.7 Å². The minimum absolute atomic E-state index is 0.0110. The van der Waals surface area contributed by atoms with Gasteiger partial charge >= 0.3 is 12.1 Å². The number of ether oxygens (including phenoxy) is 1. The molecule has 2 N–H and O–H groups in total. The number of carboxylic acids is 1. The molecule has 41 heavy (non-hydrogen) atoms. The number of halogens is 1. The van der Waals surface area contributed by atoms with E-state index >= 15 is 0 Å². The van der Waals surface area contributed by atoms with E-state index in [0.717, 1.165) is 14.9 Å². The quantitative estimate of drug-likeness (QED) is 0.300. The zero-order chi connectivity index (χ0) is 30.6. The molecule has 0 saturated carbocycles. The minimum atomic E-state index is -4.07. The molecule has 220 valence electrons. The average molecular weight is 648 g/mol. The number of anilines is 1. The summed E-state index contributed by atoms with van der Waals surface area (Å²) in [6, 6.07) is 14.4. The first-order valence-corrected chi connectivity index (χ1v) is 15.2. The predicted molar refractivity (Wildman–Crippen MR) is 159 cm³/mol. The lowest BCUT2D eigenvalue weighted by atomic mass is 9.85. The highest BCUT2D eigenvalue weighted by molar-refractivity contribution is 9.10. The van der Waals surface area contributed by atoms with Crippen LogP contribution in [0.25, 0.3) is 0 Å². The Labute approximate surface area is 249 Å². The maximum atomic E-state index is 13.4. The Morgan fingerprint density at radius 3 is 2.20 bits per heavy atom. The van der Waals surface area contributed by atoms with Crippen LogP contribution in [0.15, 0.2) is 76.4 Å². The molecule has 2 atom stereocenters. The van der Waals surface area contributed by atoms with E-state index in [-0.39, 0.29) is 23.0 Å². The molecule has 3 rings (SSSR count). The number of nitrogens with one attached hydrogen (secondary N) is 1. The van der Waals surface area contributed by atoms with E-state index < -0.39 is 45.2 Å². The van der Waals surface area contributed by atoms with Gasteiger partial charge in [-0.2, -0.15) is 0 Å². The summed E-state index contributed by atoms with van der Waals surface area (Å²) in [6.45, 7) is 10.1. The highest BCUT2D eigenvalue weighted by Crippen LogP contribution is 2.31. The molecule has 0 bridgehead atoms. The van der Waals surface area contributed by atoms with Crippen LogP contribution in [0.4, 0.5) is 10.6 Å². The molecule has 0 aliphatic carbocycles. The number of aliphatic carboxylic acids is 1. The summed E-state index contributed by atoms with van der Waals surface area (Å²) in [5, 5.41) is 10.0. The van der Waals surface area contributed by atoms with Crippen LogP contribution < -0.4 is 9.62 Å². The van der Waals surface area contributed by atoms with Gasteiger partial charge in [-0.25, -0.2) is 37.6 Å². The lowest BCUT2D eigenvalue weighted by Gasteiger charge is -2.37. The Hall–Kier alpha value is -3.35. The lowest BCUT2D eigenvalue weighted by molar-refractivity contribution is -0.141. The molecule has 2 unspecified atom stereocenters. The third kappa shape index (κ3) is 8.82. The SMILES string of the molecule is CC(C)(C)OC(=O)N(c1cccc(C(Cc2ccc(Br)cc2)NS(=O)(=O)c2ccccn2)n1)C(C(=O)O)C(C)(C)C. The molecule has 0 aliphatic rings. The van der Waals surface area contributed by atoms with Crippen LogP contribution in [0.2, 0.25) is 0 Å².